The van der Waals surface area contributed by atoms with E-state index in [1.54, 1.807) is 24.8 Å². The monoisotopic (exact) mass is 944 g/mol. The van der Waals surface area contributed by atoms with E-state index in [0.717, 1.165) is 46.5 Å². The molecule has 0 saturated carbocycles. The van der Waals surface area contributed by atoms with Crippen LogP contribution in [0.3, 0.4) is 0 Å². The van der Waals surface area contributed by atoms with Crippen LogP contribution in [0.1, 0.15) is 45.7 Å². The second-order valence-corrected chi connectivity index (χ2v) is 13.7. The zero-order valence-electron chi connectivity index (χ0n) is 35.4. The van der Waals surface area contributed by atoms with Crippen LogP contribution in [0.2, 0.25) is 0 Å². The van der Waals surface area contributed by atoms with Gasteiger partial charge < -0.3 is 42.3 Å². The first-order valence-corrected chi connectivity index (χ1v) is 19.7. The number of nitrogens with zero attached hydrogens (tertiary/aromatic N) is 6. The van der Waals surface area contributed by atoms with E-state index < -0.39 is 36.1 Å². The number of imidazole rings is 2. The van der Waals surface area contributed by atoms with Gasteiger partial charge in [-0.15, -0.1) is 0 Å². The van der Waals surface area contributed by atoms with Crippen molar-refractivity contribution < 1.29 is 55.7 Å². The number of hydrogen-bond acceptors (Lipinski definition) is 12. The number of aliphatic carboxylic acids is 2. The van der Waals surface area contributed by atoms with Gasteiger partial charge in [0, 0.05) is 59.7 Å². The van der Waals surface area contributed by atoms with Crippen LogP contribution in [-0.2, 0) is 22.4 Å². The molecule has 6 heterocycles. The molecular formula is C44H38F6N12O6. The van der Waals surface area contributed by atoms with E-state index in [1.807, 2.05) is 72.8 Å². The Kier molecular flexibility index (Phi) is 16.1. The summed E-state index contributed by atoms with van der Waals surface area (Å²) in [6.45, 7) is 4.16. The first-order chi connectivity index (χ1) is 32.2. The summed E-state index contributed by atoms with van der Waals surface area (Å²) in [5.41, 5.74) is 21.0. The van der Waals surface area contributed by atoms with Crippen LogP contribution >= 0.6 is 0 Å². The summed E-state index contributed by atoms with van der Waals surface area (Å²) in [6, 6.07) is 23.3. The number of rotatable bonds is 10. The lowest BCUT2D eigenvalue weighted by atomic mass is 10.1. The van der Waals surface area contributed by atoms with E-state index in [2.05, 4.69) is 64.4 Å². The Balaban J connectivity index is 0.000000199. The van der Waals surface area contributed by atoms with Crippen LogP contribution in [0.5, 0.6) is 0 Å². The number of fused-ring (bicyclic) bond motifs is 2. The van der Waals surface area contributed by atoms with Crippen LogP contribution < -0.4 is 22.1 Å². The molecule has 6 aromatic heterocycles. The molecule has 0 unspecified atom stereocenters. The van der Waals surface area contributed by atoms with E-state index in [4.69, 9.17) is 31.3 Å². The van der Waals surface area contributed by atoms with Gasteiger partial charge >= 0.3 is 24.3 Å². The number of aromatic amines is 2. The summed E-state index contributed by atoms with van der Waals surface area (Å²) in [6.07, 6.45) is 1.26. The number of halogens is 6. The standard InChI is InChI=1S/2C20H18N6O.2C2HF3O2/c1-2-12-6-3-4-8-15(12)24-16-14(18(21)27)11-23-20-17(16)25-19(26-20)13-7-5-9-22-10-13;1-2-12-5-3-4-6-15(12)24-16-14(18(21)27)11-23-20-17(16)25-19(26-20)13-7-9-22-10-8-13;2*3-2(4,5)1(6)7/h2*3-11H,2H2,1H3,(H2,21,27)(H2,23,24,25,26);2*(H,6,7). The second kappa shape index (κ2) is 21.8. The molecule has 68 heavy (non-hydrogen) atoms. The lowest BCUT2D eigenvalue weighted by molar-refractivity contribution is -0.193. The average molecular weight is 945 g/mol. The highest BCUT2D eigenvalue weighted by Crippen LogP contribution is 2.33. The number of carbonyl (C=O) groups is 4. The maximum Gasteiger partial charge on any atom is 0.490 e. The molecule has 0 atom stereocenters. The molecule has 8 rings (SSSR count). The number of para-hydroxylation sites is 2. The van der Waals surface area contributed by atoms with Gasteiger partial charge in [-0.3, -0.25) is 19.6 Å². The number of pyridine rings is 4. The van der Waals surface area contributed by atoms with Crippen LogP contribution in [-0.4, -0.2) is 86.2 Å². The third-order valence-electron chi connectivity index (χ3n) is 9.26. The van der Waals surface area contributed by atoms with Gasteiger partial charge in [0.15, 0.2) is 11.3 Å². The van der Waals surface area contributed by atoms with Crippen LogP contribution in [0, 0.1) is 0 Å². The number of carbonyl (C=O) groups excluding carboxylic acids is 2. The molecule has 2 amide bonds. The number of carboxylic acid groups (broad SMARTS) is 2. The molecular weight excluding hydrogens is 907 g/mol. The van der Waals surface area contributed by atoms with Crippen molar-refractivity contribution in [2.45, 2.75) is 39.0 Å². The number of amides is 2. The minimum atomic E-state index is -5.08. The van der Waals surface area contributed by atoms with Crippen LogP contribution in [0.4, 0.5) is 49.1 Å². The highest BCUT2D eigenvalue weighted by molar-refractivity contribution is 6.07. The first kappa shape index (κ1) is 50.0. The molecule has 24 heteroatoms. The SMILES string of the molecule is CCc1ccccc1Nc1c(C(N)=O)cnc2nc(-c3cccnc3)[nH]c12.CCc1ccccc1Nc1c(C(N)=O)cnc2nc(-c3ccncc3)[nH]c12.O=C(O)C(F)(F)F.O=C(O)C(F)(F)F. The number of hydrogen-bond donors (Lipinski definition) is 8. The summed E-state index contributed by atoms with van der Waals surface area (Å²) >= 11 is 0. The molecule has 352 valence electrons. The third-order valence-corrected chi connectivity index (χ3v) is 9.26. The molecule has 8 aromatic rings. The van der Waals surface area contributed by atoms with Crippen LogP contribution in [0.15, 0.2) is 110 Å². The smallest absolute Gasteiger partial charge is 0.475 e. The number of H-pyrrole nitrogens is 2. The molecule has 0 fully saturated rings. The van der Waals surface area contributed by atoms with Crippen molar-refractivity contribution in [3.05, 3.63) is 132 Å². The molecule has 0 aliphatic heterocycles. The predicted octanol–water partition coefficient (Wildman–Crippen LogP) is 8.12. The van der Waals surface area contributed by atoms with E-state index in [0.29, 0.717) is 56.5 Å². The Morgan fingerprint density at radius 1 is 0.574 bits per heavy atom. The normalized spacial score (nSPS) is 10.9. The van der Waals surface area contributed by atoms with Crippen LogP contribution in [0.25, 0.3) is 45.1 Å². The van der Waals surface area contributed by atoms with Gasteiger partial charge in [0.1, 0.15) is 22.7 Å². The zero-order valence-corrected chi connectivity index (χ0v) is 35.4. The maximum absolute atomic E-state index is 12.0. The summed E-state index contributed by atoms with van der Waals surface area (Å²) in [5, 5.41) is 21.0. The van der Waals surface area contributed by atoms with E-state index in [9.17, 15) is 35.9 Å². The van der Waals surface area contributed by atoms with Gasteiger partial charge in [-0.1, -0.05) is 50.2 Å². The van der Waals surface area contributed by atoms with Crippen molar-refractivity contribution >= 4 is 68.8 Å². The fourth-order valence-corrected chi connectivity index (χ4v) is 6.00. The van der Waals surface area contributed by atoms with E-state index in [1.165, 1.54) is 12.4 Å². The minimum absolute atomic E-state index is 0.301. The number of aryl methyl sites for hydroxylation is 2. The number of anilines is 4. The quantitative estimate of drug-likeness (QED) is 0.0601. The summed E-state index contributed by atoms with van der Waals surface area (Å²) in [5.74, 6) is -5.35. The third kappa shape index (κ3) is 12.6. The molecule has 2 aromatic carbocycles. The van der Waals surface area contributed by atoms with E-state index in [-0.39, 0.29) is 0 Å². The number of alkyl halides is 6. The summed E-state index contributed by atoms with van der Waals surface area (Å²) in [7, 11) is 0. The van der Waals surface area contributed by atoms with Gasteiger partial charge in [0.05, 0.1) is 22.5 Å². The number of nitrogens with one attached hydrogen (secondary N) is 4. The van der Waals surface area contributed by atoms with Crippen molar-refractivity contribution in [2.24, 2.45) is 11.5 Å². The van der Waals surface area contributed by atoms with E-state index >= 15 is 0 Å². The Morgan fingerprint density at radius 3 is 1.35 bits per heavy atom. The molecule has 10 N–H and O–H groups in total. The van der Waals surface area contributed by atoms with Crippen molar-refractivity contribution in [1.29, 1.82) is 0 Å². The topological polar surface area (TPSA) is 294 Å². The maximum atomic E-state index is 12.0. The van der Waals surface area contributed by atoms with Crippen molar-refractivity contribution in [1.82, 2.24) is 39.9 Å². The lowest BCUT2D eigenvalue weighted by Crippen LogP contribution is -2.21. The fourth-order valence-electron chi connectivity index (χ4n) is 6.00. The van der Waals surface area contributed by atoms with Gasteiger partial charge in [0.25, 0.3) is 11.8 Å². The largest absolute Gasteiger partial charge is 0.490 e. The summed E-state index contributed by atoms with van der Waals surface area (Å²) < 4.78 is 63.5. The first-order valence-electron chi connectivity index (χ1n) is 19.7. The zero-order chi connectivity index (χ0) is 49.8. The lowest BCUT2D eigenvalue weighted by Gasteiger charge is -2.13. The van der Waals surface area contributed by atoms with Gasteiger partial charge in [0.2, 0.25) is 0 Å². The van der Waals surface area contributed by atoms with Crippen molar-refractivity contribution in [3.8, 4) is 22.8 Å². The Morgan fingerprint density at radius 2 is 0.985 bits per heavy atom. The molecule has 0 radical (unpaired) electrons. The highest BCUT2D eigenvalue weighted by atomic mass is 19.4. The Labute approximate surface area is 379 Å². The minimum Gasteiger partial charge on any atom is -0.475 e. The Hall–Kier alpha value is -8.96. The summed E-state index contributed by atoms with van der Waals surface area (Å²) in [4.78, 5) is 74.1. The Bertz CT molecular complexity index is 2850. The predicted molar refractivity (Wildman–Crippen MR) is 237 cm³/mol. The number of benzene rings is 2. The van der Waals surface area contributed by atoms with Gasteiger partial charge in [-0.05, 0) is 60.4 Å². The molecule has 0 aliphatic carbocycles. The van der Waals surface area contributed by atoms with Gasteiger partial charge in [-0.2, -0.15) is 26.3 Å². The average Bonchev–Trinajstić information content (AvgIpc) is 3.96. The molecule has 18 nitrogen and oxygen atoms in total. The fraction of sp³-hybridized carbons (Fsp3) is 0.136. The number of nitrogens with two attached hydrogens (primary N) is 2. The van der Waals surface area contributed by atoms with Gasteiger partial charge in [-0.25, -0.2) is 29.5 Å². The molecule has 0 spiro atoms. The van der Waals surface area contributed by atoms with Crippen molar-refractivity contribution in [2.75, 3.05) is 10.6 Å². The number of primary amides is 2. The van der Waals surface area contributed by atoms with Crippen molar-refractivity contribution in [3.63, 3.8) is 0 Å². The highest BCUT2D eigenvalue weighted by Gasteiger charge is 2.39. The molecule has 0 aliphatic rings. The number of carboxylic acids is 2. The molecule has 0 saturated heterocycles. The molecule has 0 bridgehead atoms. The second-order valence-electron chi connectivity index (χ2n) is 13.7. The number of aromatic nitrogens is 8.